The number of aliphatic hydroxyl groups is 8. The maximum Gasteiger partial charge on any atom is 0.305 e. The molecule has 1 aliphatic heterocycles. The van der Waals surface area contributed by atoms with E-state index in [9.17, 15) is 50.4 Å². The lowest BCUT2D eigenvalue weighted by molar-refractivity contribution is -0.326. The van der Waals surface area contributed by atoms with Gasteiger partial charge in [-0.1, -0.05) is 12.8 Å². The van der Waals surface area contributed by atoms with E-state index in [1.165, 1.54) is 7.11 Å². The van der Waals surface area contributed by atoms with Crippen LogP contribution in [-0.4, -0.2) is 134 Å². The molecule has 0 unspecified atom stereocenters. The van der Waals surface area contributed by atoms with Crippen LogP contribution in [0.15, 0.2) is 5.10 Å². The van der Waals surface area contributed by atoms with E-state index < -0.39 is 74.2 Å². The van der Waals surface area contributed by atoms with Gasteiger partial charge in [-0.2, -0.15) is 5.10 Å². The van der Waals surface area contributed by atoms with Gasteiger partial charge in [-0.3, -0.25) is 9.59 Å². The van der Waals surface area contributed by atoms with Crippen LogP contribution >= 0.6 is 0 Å². The molecule has 36 heavy (non-hydrogen) atoms. The van der Waals surface area contributed by atoms with Crippen LogP contribution in [0.2, 0.25) is 0 Å². The standard InChI is InChI=1S/C21H38N2O13/c1-34-15(29)7-5-3-2-4-6-14(28)23-22-8-11(26)16(30)20(12(27)9-24)36-21-19(33)18(32)17(31)13(10-25)35-21/h8,11-13,16-21,24-27,30-33H,2-7,9-10H2,1H3,(H,23,28)/b22-8+/t11-,12+,13+,16+,17-,18-,19+,20+,21-/m0/s1. The number of nitrogens with one attached hydrogen (secondary N) is 1. The highest BCUT2D eigenvalue weighted by atomic mass is 16.7. The smallest absolute Gasteiger partial charge is 0.305 e. The molecule has 0 aromatic heterocycles. The fourth-order valence-corrected chi connectivity index (χ4v) is 3.37. The molecule has 0 bridgehead atoms. The summed E-state index contributed by atoms with van der Waals surface area (Å²) in [5.74, 6) is -0.763. The summed E-state index contributed by atoms with van der Waals surface area (Å²) < 4.78 is 15.0. The van der Waals surface area contributed by atoms with Gasteiger partial charge in [0.2, 0.25) is 5.91 Å². The maximum absolute atomic E-state index is 11.8. The van der Waals surface area contributed by atoms with Gasteiger partial charge in [-0.05, 0) is 12.8 Å². The quantitative estimate of drug-likeness (QED) is 0.0402. The zero-order chi connectivity index (χ0) is 27.3. The summed E-state index contributed by atoms with van der Waals surface area (Å²) in [5.41, 5.74) is 2.16. The molecule has 1 amide bonds. The highest BCUT2D eigenvalue weighted by Gasteiger charge is 2.46. The zero-order valence-corrected chi connectivity index (χ0v) is 20.0. The van der Waals surface area contributed by atoms with Crippen molar-refractivity contribution in [1.29, 1.82) is 0 Å². The van der Waals surface area contributed by atoms with Crippen LogP contribution in [0.4, 0.5) is 0 Å². The molecular weight excluding hydrogens is 488 g/mol. The van der Waals surface area contributed by atoms with Gasteiger partial charge in [-0.25, -0.2) is 5.43 Å². The van der Waals surface area contributed by atoms with Crippen LogP contribution in [0, 0.1) is 0 Å². The van der Waals surface area contributed by atoms with E-state index >= 15 is 0 Å². The number of ether oxygens (including phenoxy) is 3. The number of rotatable bonds is 16. The Morgan fingerprint density at radius 2 is 1.64 bits per heavy atom. The van der Waals surface area contributed by atoms with Gasteiger partial charge in [0.05, 0.1) is 26.5 Å². The van der Waals surface area contributed by atoms with Crippen molar-refractivity contribution in [2.75, 3.05) is 20.3 Å². The van der Waals surface area contributed by atoms with Crippen molar-refractivity contribution in [2.45, 2.75) is 93.6 Å². The van der Waals surface area contributed by atoms with Crippen molar-refractivity contribution in [3.63, 3.8) is 0 Å². The van der Waals surface area contributed by atoms with E-state index in [1.807, 2.05) is 0 Å². The molecule has 1 aliphatic rings. The summed E-state index contributed by atoms with van der Waals surface area (Å²) in [5, 5.41) is 82.4. The lowest BCUT2D eigenvalue weighted by atomic mass is 9.98. The minimum atomic E-state index is -1.95. The summed E-state index contributed by atoms with van der Waals surface area (Å²) >= 11 is 0. The Morgan fingerprint density at radius 1 is 1.00 bits per heavy atom. The van der Waals surface area contributed by atoms with Gasteiger partial charge in [0.1, 0.15) is 48.8 Å². The van der Waals surface area contributed by atoms with Crippen LogP contribution in [0.25, 0.3) is 0 Å². The number of esters is 1. The third kappa shape index (κ3) is 10.3. The molecule has 1 rings (SSSR count). The number of carbonyl (C=O) groups excluding carboxylic acids is 2. The summed E-state index contributed by atoms with van der Waals surface area (Å²) in [6, 6.07) is 0. The summed E-state index contributed by atoms with van der Waals surface area (Å²) in [6.07, 6.45) is -11.9. The maximum atomic E-state index is 11.8. The van der Waals surface area contributed by atoms with Crippen molar-refractivity contribution >= 4 is 18.1 Å². The van der Waals surface area contributed by atoms with E-state index in [-0.39, 0.29) is 12.4 Å². The van der Waals surface area contributed by atoms with Crippen molar-refractivity contribution in [3.8, 4) is 0 Å². The number of carbonyl (C=O) groups is 2. The van der Waals surface area contributed by atoms with Crippen LogP contribution in [-0.2, 0) is 23.8 Å². The number of amides is 1. The zero-order valence-electron chi connectivity index (χ0n) is 20.0. The minimum Gasteiger partial charge on any atom is -0.469 e. The Balaban J connectivity index is 2.57. The predicted octanol–water partition coefficient (Wildman–Crippen LogP) is -4.14. The van der Waals surface area contributed by atoms with Gasteiger partial charge < -0.3 is 55.1 Å². The largest absolute Gasteiger partial charge is 0.469 e. The third-order valence-electron chi connectivity index (χ3n) is 5.57. The van der Waals surface area contributed by atoms with E-state index in [4.69, 9.17) is 9.47 Å². The molecule has 210 valence electrons. The summed E-state index contributed by atoms with van der Waals surface area (Å²) in [4.78, 5) is 22.9. The highest BCUT2D eigenvalue weighted by molar-refractivity contribution is 5.77. The summed E-state index contributed by atoms with van der Waals surface area (Å²) in [7, 11) is 1.31. The van der Waals surface area contributed by atoms with Crippen LogP contribution < -0.4 is 5.43 Å². The Kier molecular flexibility index (Phi) is 15.1. The third-order valence-corrected chi connectivity index (χ3v) is 5.57. The second-order valence-electron chi connectivity index (χ2n) is 8.33. The topological polar surface area (TPSA) is 248 Å². The number of methoxy groups -OCH3 is 1. The summed E-state index contributed by atoms with van der Waals surface area (Å²) in [6.45, 7) is -1.68. The molecule has 0 aromatic rings. The fourth-order valence-electron chi connectivity index (χ4n) is 3.37. The van der Waals surface area contributed by atoms with Gasteiger partial charge in [0.15, 0.2) is 6.29 Å². The second kappa shape index (κ2) is 16.9. The van der Waals surface area contributed by atoms with E-state index in [1.54, 1.807) is 0 Å². The van der Waals surface area contributed by atoms with Crippen LogP contribution in [0.5, 0.6) is 0 Å². The molecule has 1 saturated heterocycles. The molecule has 1 fully saturated rings. The Morgan fingerprint density at radius 3 is 2.22 bits per heavy atom. The van der Waals surface area contributed by atoms with Crippen molar-refractivity contribution < 1.29 is 64.7 Å². The first-order chi connectivity index (χ1) is 17.1. The van der Waals surface area contributed by atoms with Gasteiger partial charge in [-0.15, -0.1) is 0 Å². The molecule has 0 radical (unpaired) electrons. The molecule has 15 heteroatoms. The lowest BCUT2D eigenvalue weighted by Crippen LogP contribution is -2.61. The van der Waals surface area contributed by atoms with E-state index in [2.05, 4.69) is 15.3 Å². The number of nitrogens with zero attached hydrogens (tertiary/aromatic N) is 1. The lowest BCUT2D eigenvalue weighted by Gasteiger charge is -2.42. The van der Waals surface area contributed by atoms with E-state index in [0.717, 1.165) is 12.6 Å². The van der Waals surface area contributed by atoms with E-state index in [0.29, 0.717) is 25.7 Å². The molecule has 1 heterocycles. The molecule has 0 aliphatic carbocycles. The van der Waals surface area contributed by atoms with Crippen molar-refractivity contribution in [2.24, 2.45) is 5.10 Å². The Labute approximate surface area is 207 Å². The molecule has 9 N–H and O–H groups in total. The number of hydrazone groups is 1. The second-order valence-corrected chi connectivity index (χ2v) is 8.33. The molecular formula is C21H38N2O13. The van der Waals surface area contributed by atoms with Gasteiger partial charge in [0.25, 0.3) is 0 Å². The molecule has 0 aromatic carbocycles. The van der Waals surface area contributed by atoms with Gasteiger partial charge in [0, 0.05) is 12.8 Å². The monoisotopic (exact) mass is 526 g/mol. The minimum absolute atomic E-state index is 0.125. The van der Waals surface area contributed by atoms with Crippen LogP contribution in [0.3, 0.4) is 0 Å². The average molecular weight is 527 g/mol. The van der Waals surface area contributed by atoms with Crippen molar-refractivity contribution in [3.05, 3.63) is 0 Å². The molecule has 15 nitrogen and oxygen atoms in total. The molecule has 0 saturated carbocycles. The number of unbranched alkanes of at least 4 members (excludes halogenated alkanes) is 3. The van der Waals surface area contributed by atoms with Gasteiger partial charge >= 0.3 is 5.97 Å². The van der Waals surface area contributed by atoms with Crippen molar-refractivity contribution in [1.82, 2.24) is 5.43 Å². The van der Waals surface area contributed by atoms with Crippen LogP contribution in [0.1, 0.15) is 38.5 Å². The number of hydrogen-bond donors (Lipinski definition) is 9. The first-order valence-corrected chi connectivity index (χ1v) is 11.6. The normalized spacial score (nSPS) is 27.9. The number of aliphatic hydroxyl groups excluding tert-OH is 8. The first-order valence-electron chi connectivity index (χ1n) is 11.6. The highest BCUT2D eigenvalue weighted by Crippen LogP contribution is 2.24. The first kappa shape index (κ1) is 32.2. The predicted molar refractivity (Wildman–Crippen MR) is 120 cm³/mol. The fraction of sp³-hybridized carbons (Fsp3) is 0.857. The Bertz CT molecular complexity index is 680. The average Bonchev–Trinajstić information content (AvgIpc) is 2.87. The SMILES string of the molecule is COC(=O)CCCCCCC(=O)N/N=C/[C@H](O)[C@@H](O)[C@H](O[C@@H]1O[C@H](CO)[C@H](O)[C@H](O)[C@H]1O)[C@H](O)CO. The molecule has 9 atom stereocenters. The number of hydrogen-bond acceptors (Lipinski definition) is 14. The molecule has 0 spiro atoms. The Hall–Kier alpha value is -1.79.